The number of nitrogens with zero attached hydrogens (tertiary/aromatic N) is 1. The zero-order valence-corrected chi connectivity index (χ0v) is 18.0. The molecule has 3 aromatic carbocycles. The topological polar surface area (TPSA) is 103 Å². The summed E-state index contributed by atoms with van der Waals surface area (Å²) in [7, 11) is 0. The highest BCUT2D eigenvalue weighted by molar-refractivity contribution is 6.00. The van der Waals surface area contributed by atoms with Crippen LogP contribution in [0, 0.1) is 0 Å². The Balaban J connectivity index is 1.25. The van der Waals surface area contributed by atoms with Crippen molar-refractivity contribution in [3.63, 3.8) is 0 Å². The van der Waals surface area contributed by atoms with E-state index in [4.69, 9.17) is 0 Å². The molecule has 33 heavy (non-hydrogen) atoms. The Kier molecular flexibility index (Phi) is 6.84. The van der Waals surface area contributed by atoms with Crippen molar-refractivity contribution in [3.05, 3.63) is 90.0 Å². The largest absolute Gasteiger partial charge is 0.362 e. The summed E-state index contributed by atoms with van der Waals surface area (Å²) in [5.74, 6) is -0.737. The molecule has 8 nitrogen and oxygen atoms in total. The number of carbonyl (C=O) groups is 3. The Morgan fingerprint density at radius 1 is 0.758 bits per heavy atom. The van der Waals surface area contributed by atoms with Crippen LogP contribution in [0.2, 0.25) is 0 Å². The lowest BCUT2D eigenvalue weighted by atomic mass is 10.0. The van der Waals surface area contributed by atoms with Gasteiger partial charge in [-0.15, -0.1) is 0 Å². The Morgan fingerprint density at radius 2 is 1.42 bits per heavy atom. The van der Waals surface area contributed by atoms with E-state index in [1.807, 2.05) is 41.3 Å². The first-order chi connectivity index (χ1) is 16.1. The molecule has 0 saturated carbocycles. The summed E-state index contributed by atoms with van der Waals surface area (Å²) in [6.07, 6.45) is 1.99. The predicted molar refractivity (Wildman–Crippen MR) is 128 cm³/mol. The number of rotatable bonds is 5. The predicted octanol–water partition coefficient (Wildman–Crippen LogP) is 3.54. The van der Waals surface area contributed by atoms with Crippen LogP contribution in [0.15, 0.2) is 78.9 Å². The summed E-state index contributed by atoms with van der Waals surface area (Å²) in [5, 5.41) is 5.42. The molecule has 0 bridgehead atoms. The number of benzene rings is 3. The van der Waals surface area contributed by atoms with E-state index in [1.165, 1.54) is 5.56 Å². The number of para-hydroxylation sites is 2. The summed E-state index contributed by atoms with van der Waals surface area (Å²) in [6, 6.07) is 23.1. The smallest absolute Gasteiger partial charge is 0.323 e. The highest BCUT2D eigenvalue weighted by Gasteiger charge is 2.19. The number of hydrogen-bond acceptors (Lipinski definition) is 4. The molecule has 4 amide bonds. The number of fused-ring (bicyclic) bond motifs is 1. The molecule has 8 heteroatoms. The third-order valence-corrected chi connectivity index (χ3v) is 5.29. The summed E-state index contributed by atoms with van der Waals surface area (Å²) in [4.78, 5) is 38.8. The van der Waals surface area contributed by atoms with Crippen molar-refractivity contribution < 1.29 is 14.4 Å². The van der Waals surface area contributed by atoms with Crippen molar-refractivity contribution >= 4 is 34.9 Å². The molecule has 1 aliphatic heterocycles. The minimum atomic E-state index is -0.442. The summed E-state index contributed by atoms with van der Waals surface area (Å²) in [6.45, 7) is 0.960. The lowest BCUT2D eigenvalue weighted by molar-refractivity contribution is -0.120. The van der Waals surface area contributed by atoms with Crippen LogP contribution in [-0.2, 0) is 11.2 Å². The maximum atomic E-state index is 12.4. The molecule has 4 N–H and O–H groups in total. The van der Waals surface area contributed by atoms with Gasteiger partial charge in [0.1, 0.15) is 0 Å². The monoisotopic (exact) mass is 443 g/mol. The van der Waals surface area contributed by atoms with Gasteiger partial charge < -0.3 is 15.5 Å². The molecule has 0 unspecified atom stereocenters. The SMILES string of the molecule is O=C(CN1CCCc2ccccc21)NNC(=O)c1ccc(NC(=O)Nc2ccccc2)cc1. The molecular weight excluding hydrogens is 418 g/mol. The fourth-order valence-corrected chi connectivity index (χ4v) is 3.71. The second kappa shape index (κ2) is 10.3. The molecule has 1 aliphatic rings. The Hall–Kier alpha value is -4.33. The van der Waals surface area contributed by atoms with E-state index in [-0.39, 0.29) is 18.5 Å². The number of hydrazine groups is 1. The van der Waals surface area contributed by atoms with Crippen LogP contribution in [0.1, 0.15) is 22.3 Å². The van der Waals surface area contributed by atoms with Crippen LogP contribution < -0.4 is 26.4 Å². The maximum Gasteiger partial charge on any atom is 0.323 e. The second-order valence-electron chi connectivity index (χ2n) is 7.68. The van der Waals surface area contributed by atoms with Crippen molar-refractivity contribution in [2.45, 2.75) is 12.8 Å². The minimum absolute atomic E-state index is 0.163. The lowest BCUT2D eigenvalue weighted by Crippen LogP contribution is -2.47. The molecule has 0 radical (unpaired) electrons. The van der Waals surface area contributed by atoms with E-state index >= 15 is 0 Å². The van der Waals surface area contributed by atoms with E-state index < -0.39 is 5.91 Å². The van der Waals surface area contributed by atoms with Crippen molar-refractivity contribution in [3.8, 4) is 0 Å². The summed E-state index contributed by atoms with van der Waals surface area (Å²) < 4.78 is 0. The van der Waals surface area contributed by atoms with E-state index in [9.17, 15) is 14.4 Å². The van der Waals surface area contributed by atoms with Gasteiger partial charge in [-0.05, 0) is 60.9 Å². The summed E-state index contributed by atoms with van der Waals surface area (Å²) in [5.41, 5.74) is 8.77. The molecule has 4 rings (SSSR count). The van der Waals surface area contributed by atoms with Gasteiger partial charge in [0.05, 0.1) is 6.54 Å². The third kappa shape index (κ3) is 5.88. The quantitative estimate of drug-likeness (QED) is 0.453. The van der Waals surface area contributed by atoms with Gasteiger partial charge >= 0.3 is 6.03 Å². The van der Waals surface area contributed by atoms with Crippen LogP contribution in [0.4, 0.5) is 21.9 Å². The van der Waals surface area contributed by atoms with Crippen molar-refractivity contribution in [2.24, 2.45) is 0 Å². The number of aryl methyl sites for hydroxylation is 1. The van der Waals surface area contributed by atoms with E-state index in [0.29, 0.717) is 16.9 Å². The molecular formula is C25H25N5O3. The molecule has 0 aliphatic carbocycles. The number of hydrogen-bond donors (Lipinski definition) is 4. The number of amides is 4. The maximum absolute atomic E-state index is 12.4. The van der Waals surface area contributed by atoms with E-state index in [0.717, 1.165) is 25.1 Å². The molecule has 3 aromatic rings. The van der Waals surface area contributed by atoms with Gasteiger partial charge in [-0.3, -0.25) is 20.4 Å². The summed E-state index contributed by atoms with van der Waals surface area (Å²) >= 11 is 0. The lowest BCUT2D eigenvalue weighted by Gasteiger charge is -2.30. The number of nitrogens with one attached hydrogen (secondary N) is 4. The molecule has 0 aromatic heterocycles. The Labute approximate surface area is 192 Å². The van der Waals surface area contributed by atoms with Gasteiger partial charge in [0.15, 0.2) is 0 Å². The number of anilines is 3. The zero-order valence-electron chi connectivity index (χ0n) is 18.0. The van der Waals surface area contributed by atoms with Gasteiger partial charge in [-0.25, -0.2) is 4.79 Å². The van der Waals surface area contributed by atoms with Crippen LogP contribution >= 0.6 is 0 Å². The van der Waals surface area contributed by atoms with Crippen LogP contribution in [0.5, 0.6) is 0 Å². The average molecular weight is 444 g/mol. The Morgan fingerprint density at radius 3 is 2.18 bits per heavy atom. The first-order valence-corrected chi connectivity index (χ1v) is 10.7. The van der Waals surface area contributed by atoms with Gasteiger partial charge in [-0.1, -0.05) is 36.4 Å². The van der Waals surface area contributed by atoms with Crippen LogP contribution in [-0.4, -0.2) is 30.9 Å². The van der Waals surface area contributed by atoms with Gasteiger partial charge in [0.2, 0.25) is 0 Å². The first kappa shape index (κ1) is 21.9. The van der Waals surface area contributed by atoms with E-state index in [1.54, 1.807) is 36.4 Å². The number of urea groups is 1. The fourth-order valence-electron chi connectivity index (χ4n) is 3.71. The fraction of sp³-hybridized carbons (Fsp3) is 0.160. The molecule has 0 spiro atoms. The van der Waals surface area contributed by atoms with Crippen molar-refractivity contribution in [2.75, 3.05) is 28.6 Å². The minimum Gasteiger partial charge on any atom is -0.362 e. The average Bonchev–Trinajstić information content (AvgIpc) is 2.84. The normalized spacial score (nSPS) is 12.3. The van der Waals surface area contributed by atoms with Crippen LogP contribution in [0.3, 0.4) is 0 Å². The van der Waals surface area contributed by atoms with E-state index in [2.05, 4.69) is 27.6 Å². The highest BCUT2D eigenvalue weighted by atomic mass is 16.2. The Bertz CT molecular complexity index is 1130. The van der Waals surface area contributed by atoms with Crippen molar-refractivity contribution in [1.82, 2.24) is 10.9 Å². The standard InChI is InChI=1S/C25H25N5O3/c31-23(17-30-16-6-8-18-7-4-5-11-22(18)30)28-29-24(32)19-12-14-21(15-13-19)27-25(33)26-20-9-2-1-3-10-20/h1-5,7,9-15H,6,8,16-17H2,(H,28,31)(H,29,32)(H2,26,27,33). The second-order valence-corrected chi connectivity index (χ2v) is 7.68. The molecule has 0 atom stereocenters. The number of carbonyl (C=O) groups excluding carboxylic acids is 3. The van der Waals surface area contributed by atoms with Gasteiger partial charge in [-0.2, -0.15) is 0 Å². The molecule has 168 valence electrons. The molecule has 1 heterocycles. The van der Waals surface area contributed by atoms with Gasteiger partial charge in [0, 0.05) is 29.2 Å². The molecule has 0 saturated heterocycles. The van der Waals surface area contributed by atoms with Gasteiger partial charge in [0.25, 0.3) is 11.8 Å². The first-order valence-electron chi connectivity index (χ1n) is 10.7. The molecule has 0 fully saturated rings. The van der Waals surface area contributed by atoms with Crippen molar-refractivity contribution in [1.29, 1.82) is 0 Å². The highest BCUT2D eigenvalue weighted by Crippen LogP contribution is 2.26. The third-order valence-electron chi connectivity index (χ3n) is 5.29. The zero-order chi connectivity index (χ0) is 23.0. The van der Waals surface area contributed by atoms with Crippen LogP contribution in [0.25, 0.3) is 0 Å².